The van der Waals surface area contributed by atoms with E-state index < -0.39 is 5.97 Å². The Morgan fingerprint density at radius 3 is 3.12 bits per heavy atom. The molecule has 1 fully saturated rings. The second-order valence-corrected chi connectivity index (χ2v) is 4.04. The van der Waals surface area contributed by atoms with Crippen LogP contribution in [0.2, 0.25) is 0 Å². The Morgan fingerprint density at radius 1 is 1.76 bits per heavy atom. The Hall–Kier alpha value is -1.56. The summed E-state index contributed by atoms with van der Waals surface area (Å²) in [5.74, 6) is -0.124. The molecule has 6 heteroatoms. The number of carbonyl (C=O) groups excluding carboxylic acids is 1. The molecule has 2 rings (SSSR count). The van der Waals surface area contributed by atoms with Gasteiger partial charge in [0.05, 0.1) is 25.1 Å². The third-order valence-corrected chi connectivity index (χ3v) is 2.99. The quantitative estimate of drug-likeness (QED) is 0.796. The molecule has 0 aromatic carbocycles. The van der Waals surface area contributed by atoms with Crippen LogP contribution in [0.25, 0.3) is 0 Å². The van der Waals surface area contributed by atoms with Gasteiger partial charge in [-0.1, -0.05) is 0 Å². The van der Waals surface area contributed by atoms with Gasteiger partial charge in [0.1, 0.15) is 5.82 Å². The molecule has 1 aromatic heterocycles. The third kappa shape index (κ3) is 2.12. The maximum atomic E-state index is 11.6. The SMILES string of the molecule is CCOC(=O)c1ncn(C2CCOC2C)c1N. The lowest BCUT2D eigenvalue weighted by Gasteiger charge is -2.16. The maximum absolute atomic E-state index is 11.6. The number of ether oxygens (including phenoxy) is 2. The van der Waals surface area contributed by atoms with Gasteiger partial charge in [-0.3, -0.25) is 0 Å². The van der Waals surface area contributed by atoms with Crippen molar-refractivity contribution < 1.29 is 14.3 Å². The Labute approximate surface area is 99.7 Å². The lowest BCUT2D eigenvalue weighted by molar-refractivity contribution is 0.0521. The average molecular weight is 239 g/mol. The predicted octanol–water partition coefficient (Wildman–Crippen LogP) is 0.992. The van der Waals surface area contributed by atoms with Gasteiger partial charge in [-0.05, 0) is 20.3 Å². The number of nitrogens with two attached hydrogens (primary N) is 1. The number of esters is 1. The van der Waals surface area contributed by atoms with Gasteiger partial charge in [0.2, 0.25) is 0 Å². The van der Waals surface area contributed by atoms with E-state index >= 15 is 0 Å². The Morgan fingerprint density at radius 2 is 2.53 bits per heavy atom. The van der Waals surface area contributed by atoms with E-state index in [0.29, 0.717) is 19.0 Å². The summed E-state index contributed by atoms with van der Waals surface area (Å²) in [4.78, 5) is 15.6. The molecule has 1 aliphatic heterocycles. The van der Waals surface area contributed by atoms with Gasteiger partial charge in [0.15, 0.2) is 5.69 Å². The van der Waals surface area contributed by atoms with E-state index in [9.17, 15) is 4.79 Å². The number of imidazole rings is 1. The van der Waals surface area contributed by atoms with Crippen LogP contribution in [0.1, 0.15) is 36.8 Å². The lowest BCUT2D eigenvalue weighted by atomic mass is 10.1. The molecule has 0 radical (unpaired) electrons. The average Bonchev–Trinajstić information content (AvgIpc) is 2.85. The molecular formula is C11H17N3O3. The first kappa shape index (κ1) is 11.9. The minimum absolute atomic E-state index is 0.0848. The number of rotatable bonds is 3. The highest BCUT2D eigenvalue weighted by Crippen LogP contribution is 2.29. The molecular weight excluding hydrogens is 222 g/mol. The fourth-order valence-corrected chi connectivity index (χ4v) is 2.08. The normalized spacial score (nSPS) is 23.9. The van der Waals surface area contributed by atoms with Crippen molar-refractivity contribution in [3.8, 4) is 0 Å². The maximum Gasteiger partial charge on any atom is 0.360 e. The molecule has 17 heavy (non-hydrogen) atoms. The van der Waals surface area contributed by atoms with Gasteiger partial charge in [-0.15, -0.1) is 0 Å². The van der Waals surface area contributed by atoms with E-state index in [-0.39, 0.29) is 17.8 Å². The summed E-state index contributed by atoms with van der Waals surface area (Å²) >= 11 is 0. The molecule has 1 aliphatic rings. The first-order valence-corrected chi connectivity index (χ1v) is 5.76. The summed E-state index contributed by atoms with van der Waals surface area (Å²) in [6, 6.07) is 0.144. The molecule has 2 N–H and O–H groups in total. The summed E-state index contributed by atoms with van der Waals surface area (Å²) in [6.07, 6.45) is 2.54. The van der Waals surface area contributed by atoms with Crippen molar-refractivity contribution in [2.75, 3.05) is 18.9 Å². The van der Waals surface area contributed by atoms with Gasteiger partial charge < -0.3 is 19.8 Å². The first-order valence-electron chi connectivity index (χ1n) is 5.76. The molecule has 2 heterocycles. The van der Waals surface area contributed by atoms with Crippen LogP contribution in [0.5, 0.6) is 0 Å². The molecule has 2 atom stereocenters. The molecule has 0 amide bonds. The van der Waals surface area contributed by atoms with Crippen molar-refractivity contribution in [1.82, 2.24) is 9.55 Å². The molecule has 0 spiro atoms. The van der Waals surface area contributed by atoms with Crippen LogP contribution < -0.4 is 5.73 Å². The van der Waals surface area contributed by atoms with Crippen molar-refractivity contribution in [3.05, 3.63) is 12.0 Å². The van der Waals surface area contributed by atoms with Crippen LogP contribution in [0.15, 0.2) is 6.33 Å². The first-order chi connectivity index (χ1) is 8.15. The zero-order valence-corrected chi connectivity index (χ0v) is 10.0. The van der Waals surface area contributed by atoms with Gasteiger partial charge in [0, 0.05) is 6.61 Å². The van der Waals surface area contributed by atoms with E-state index in [1.54, 1.807) is 17.8 Å². The molecule has 6 nitrogen and oxygen atoms in total. The number of hydrogen-bond donors (Lipinski definition) is 1. The van der Waals surface area contributed by atoms with Gasteiger partial charge in [-0.25, -0.2) is 9.78 Å². The van der Waals surface area contributed by atoms with E-state index in [1.165, 1.54) is 0 Å². The smallest absolute Gasteiger partial charge is 0.360 e. The largest absolute Gasteiger partial charge is 0.461 e. The monoisotopic (exact) mass is 239 g/mol. The number of anilines is 1. The van der Waals surface area contributed by atoms with Crippen LogP contribution in [0.4, 0.5) is 5.82 Å². The van der Waals surface area contributed by atoms with Crippen molar-refractivity contribution in [1.29, 1.82) is 0 Å². The summed E-state index contributed by atoms with van der Waals surface area (Å²) in [7, 11) is 0. The number of nitrogens with zero attached hydrogens (tertiary/aromatic N) is 2. The number of hydrogen-bond acceptors (Lipinski definition) is 5. The molecule has 0 aliphatic carbocycles. The van der Waals surface area contributed by atoms with Crippen LogP contribution in [0.3, 0.4) is 0 Å². The predicted molar refractivity (Wildman–Crippen MR) is 61.7 cm³/mol. The minimum Gasteiger partial charge on any atom is -0.461 e. The number of nitrogen functional groups attached to an aromatic ring is 1. The molecule has 0 bridgehead atoms. The van der Waals surface area contributed by atoms with Crippen molar-refractivity contribution in [3.63, 3.8) is 0 Å². The van der Waals surface area contributed by atoms with E-state index in [0.717, 1.165) is 6.42 Å². The van der Waals surface area contributed by atoms with Crippen molar-refractivity contribution in [2.45, 2.75) is 32.4 Å². The van der Waals surface area contributed by atoms with Crippen LogP contribution in [-0.4, -0.2) is 34.8 Å². The van der Waals surface area contributed by atoms with Gasteiger partial charge >= 0.3 is 5.97 Å². The van der Waals surface area contributed by atoms with E-state index in [4.69, 9.17) is 15.2 Å². The standard InChI is InChI=1S/C11H17N3O3/c1-3-16-11(15)9-10(12)14(6-13-9)8-4-5-17-7(8)2/h6-8H,3-5,12H2,1-2H3. The van der Waals surface area contributed by atoms with Crippen LogP contribution in [-0.2, 0) is 9.47 Å². The number of aromatic nitrogens is 2. The Balaban J connectivity index is 2.23. The van der Waals surface area contributed by atoms with Crippen LogP contribution in [0, 0.1) is 0 Å². The minimum atomic E-state index is -0.477. The topological polar surface area (TPSA) is 79.4 Å². The van der Waals surface area contributed by atoms with Crippen molar-refractivity contribution in [2.24, 2.45) is 0 Å². The second-order valence-electron chi connectivity index (χ2n) is 4.04. The Bertz CT molecular complexity index is 416. The van der Waals surface area contributed by atoms with Crippen molar-refractivity contribution >= 4 is 11.8 Å². The fraction of sp³-hybridized carbons (Fsp3) is 0.636. The summed E-state index contributed by atoms with van der Waals surface area (Å²) in [5, 5.41) is 0. The summed E-state index contributed by atoms with van der Waals surface area (Å²) in [5.41, 5.74) is 6.11. The second kappa shape index (κ2) is 4.75. The Kier molecular flexibility index (Phi) is 3.33. The van der Waals surface area contributed by atoms with E-state index in [2.05, 4.69) is 4.98 Å². The third-order valence-electron chi connectivity index (χ3n) is 2.99. The molecule has 94 valence electrons. The van der Waals surface area contributed by atoms with Gasteiger partial charge in [-0.2, -0.15) is 0 Å². The van der Waals surface area contributed by atoms with E-state index in [1.807, 2.05) is 6.92 Å². The fourth-order valence-electron chi connectivity index (χ4n) is 2.08. The highest BCUT2D eigenvalue weighted by Gasteiger charge is 2.29. The zero-order valence-electron chi connectivity index (χ0n) is 10.0. The molecule has 2 unspecified atom stereocenters. The molecule has 1 aromatic rings. The lowest BCUT2D eigenvalue weighted by Crippen LogP contribution is -2.18. The summed E-state index contributed by atoms with van der Waals surface area (Å²) in [6.45, 7) is 4.76. The molecule has 1 saturated heterocycles. The zero-order chi connectivity index (χ0) is 12.4. The molecule has 0 saturated carbocycles. The number of carbonyl (C=O) groups is 1. The highest BCUT2D eigenvalue weighted by molar-refractivity contribution is 5.92. The van der Waals surface area contributed by atoms with Gasteiger partial charge in [0.25, 0.3) is 0 Å². The highest BCUT2D eigenvalue weighted by atomic mass is 16.5. The van der Waals surface area contributed by atoms with Crippen LogP contribution >= 0.6 is 0 Å². The summed E-state index contributed by atoms with van der Waals surface area (Å²) < 4.78 is 12.2.